The Kier molecular flexibility index (Phi) is 7.28. The maximum absolute atomic E-state index is 11.6. The number of carbonyl (C=O) groups excluding carboxylic acids is 1. The fourth-order valence-electron chi connectivity index (χ4n) is 2.40. The van der Waals surface area contributed by atoms with Crippen molar-refractivity contribution in [1.82, 2.24) is 9.80 Å². The van der Waals surface area contributed by atoms with E-state index in [2.05, 4.69) is 11.8 Å². The second kappa shape index (κ2) is 8.48. The van der Waals surface area contributed by atoms with Gasteiger partial charge in [0.15, 0.2) is 0 Å². The lowest BCUT2D eigenvalue weighted by Gasteiger charge is -2.35. The number of nitrogens with zero attached hydrogens (tertiary/aromatic N) is 2. The molecular weight excluding hydrogens is 228 g/mol. The third-order valence-electron chi connectivity index (χ3n) is 3.62. The van der Waals surface area contributed by atoms with Gasteiger partial charge in [-0.05, 0) is 19.9 Å². The van der Waals surface area contributed by atoms with Crippen LogP contribution in [-0.4, -0.2) is 59.6 Å². The van der Waals surface area contributed by atoms with E-state index < -0.39 is 6.10 Å². The second-order valence-electron chi connectivity index (χ2n) is 5.26. The Morgan fingerprint density at radius 2 is 1.72 bits per heavy atom. The fraction of sp³-hybridized carbons (Fsp3) is 0.929. The van der Waals surface area contributed by atoms with E-state index in [0.29, 0.717) is 0 Å². The number of unbranched alkanes of at least 4 members (excludes halogenated alkanes) is 4. The predicted molar refractivity (Wildman–Crippen MR) is 73.5 cm³/mol. The normalized spacial score (nSPS) is 18.9. The van der Waals surface area contributed by atoms with Crippen molar-refractivity contribution < 1.29 is 9.90 Å². The molecule has 1 saturated heterocycles. The fourth-order valence-corrected chi connectivity index (χ4v) is 2.40. The van der Waals surface area contributed by atoms with Crippen LogP contribution in [0.1, 0.15) is 46.0 Å². The Labute approximate surface area is 111 Å². The van der Waals surface area contributed by atoms with Gasteiger partial charge in [0, 0.05) is 26.2 Å². The van der Waals surface area contributed by atoms with E-state index in [4.69, 9.17) is 0 Å². The van der Waals surface area contributed by atoms with E-state index in [1.54, 1.807) is 11.8 Å². The Morgan fingerprint density at radius 1 is 1.11 bits per heavy atom. The first-order valence-corrected chi connectivity index (χ1v) is 7.34. The molecular formula is C14H28N2O2. The Morgan fingerprint density at radius 3 is 2.28 bits per heavy atom. The highest BCUT2D eigenvalue weighted by molar-refractivity contribution is 5.80. The van der Waals surface area contributed by atoms with E-state index in [1.807, 2.05) is 0 Å². The summed E-state index contributed by atoms with van der Waals surface area (Å²) >= 11 is 0. The SMILES string of the molecule is CCCCCCCN1CCN(C(=O)C(C)O)CC1. The number of piperazine rings is 1. The van der Waals surface area contributed by atoms with Crippen molar-refractivity contribution in [2.45, 2.75) is 52.1 Å². The molecule has 1 atom stereocenters. The molecule has 0 aliphatic carbocycles. The number of hydrogen-bond acceptors (Lipinski definition) is 3. The van der Waals surface area contributed by atoms with Crippen molar-refractivity contribution in [2.24, 2.45) is 0 Å². The number of amides is 1. The molecule has 0 radical (unpaired) electrons. The van der Waals surface area contributed by atoms with Crippen molar-refractivity contribution in [1.29, 1.82) is 0 Å². The van der Waals surface area contributed by atoms with Crippen LogP contribution in [0.4, 0.5) is 0 Å². The average Bonchev–Trinajstić information content (AvgIpc) is 2.38. The molecule has 1 rings (SSSR count). The Bertz CT molecular complexity index is 236. The topological polar surface area (TPSA) is 43.8 Å². The van der Waals surface area contributed by atoms with Gasteiger partial charge < -0.3 is 10.0 Å². The first-order chi connectivity index (χ1) is 8.65. The molecule has 4 nitrogen and oxygen atoms in total. The molecule has 18 heavy (non-hydrogen) atoms. The van der Waals surface area contributed by atoms with E-state index in [0.717, 1.165) is 32.7 Å². The summed E-state index contributed by atoms with van der Waals surface area (Å²) in [6.07, 6.45) is 5.71. The van der Waals surface area contributed by atoms with Crippen molar-refractivity contribution in [3.8, 4) is 0 Å². The number of hydrogen-bond donors (Lipinski definition) is 1. The van der Waals surface area contributed by atoms with Crippen LogP contribution in [0, 0.1) is 0 Å². The third kappa shape index (κ3) is 5.36. The molecule has 1 amide bonds. The summed E-state index contributed by atoms with van der Waals surface area (Å²) in [7, 11) is 0. The minimum absolute atomic E-state index is 0.127. The standard InChI is InChI=1S/C14H28N2O2/c1-3-4-5-6-7-8-15-9-11-16(12-10-15)14(18)13(2)17/h13,17H,3-12H2,1-2H3. The van der Waals surface area contributed by atoms with E-state index in [9.17, 15) is 9.90 Å². The maximum Gasteiger partial charge on any atom is 0.251 e. The molecule has 1 aliphatic rings. The van der Waals surface area contributed by atoms with Crippen molar-refractivity contribution in [2.75, 3.05) is 32.7 Å². The molecule has 1 heterocycles. The van der Waals surface area contributed by atoms with Crippen LogP contribution >= 0.6 is 0 Å². The number of aliphatic hydroxyl groups is 1. The maximum atomic E-state index is 11.6. The van der Waals surface area contributed by atoms with Gasteiger partial charge >= 0.3 is 0 Å². The van der Waals surface area contributed by atoms with Gasteiger partial charge in [-0.25, -0.2) is 0 Å². The van der Waals surface area contributed by atoms with Crippen LogP contribution in [0.2, 0.25) is 0 Å². The lowest BCUT2D eigenvalue weighted by atomic mass is 10.1. The number of carbonyl (C=O) groups is 1. The first kappa shape index (κ1) is 15.4. The van der Waals surface area contributed by atoms with Gasteiger partial charge in [0.05, 0.1) is 0 Å². The third-order valence-corrected chi connectivity index (χ3v) is 3.62. The summed E-state index contributed by atoms with van der Waals surface area (Å²) in [5.74, 6) is -0.127. The molecule has 1 unspecified atom stereocenters. The van der Waals surface area contributed by atoms with Crippen LogP contribution in [0.25, 0.3) is 0 Å². The molecule has 0 saturated carbocycles. The van der Waals surface area contributed by atoms with E-state index in [-0.39, 0.29) is 5.91 Å². The van der Waals surface area contributed by atoms with Gasteiger partial charge in [-0.3, -0.25) is 9.69 Å². The van der Waals surface area contributed by atoms with Crippen molar-refractivity contribution in [3.63, 3.8) is 0 Å². The Balaban J connectivity index is 2.10. The summed E-state index contributed by atoms with van der Waals surface area (Å²) in [6, 6.07) is 0. The average molecular weight is 256 g/mol. The molecule has 0 aromatic rings. The smallest absolute Gasteiger partial charge is 0.251 e. The molecule has 4 heteroatoms. The van der Waals surface area contributed by atoms with E-state index >= 15 is 0 Å². The molecule has 0 spiro atoms. The van der Waals surface area contributed by atoms with Gasteiger partial charge in [-0.1, -0.05) is 32.6 Å². The second-order valence-corrected chi connectivity index (χ2v) is 5.26. The summed E-state index contributed by atoms with van der Waals surface area (Å²) in [5.41, 5.74) is 0. The predicted octanol–water partition coefficient (Wildman–Crippen LogP) is 1.48. The molecule has 1 fully saturated rings. The zero-order chi connectivity index (χ0) is 13.4. The van der Waals surface area contributed by atoms with Gasteiger partial charge in [0.25, 0.3) is 5.91 Å². The van der Waals surface area contributed by atoms with Crippen molar-refractivity contribution in [3.05, 3.63) is 0 Å². The molecule has 1 N–H and O–H groups in total. The zero-order valence-electron chi connectivity index (χ0n) is 11.9. The monoisotopic (exact) mass is 256 g/mol. The summed E-state index contributed by atoms with van der Waals surface area (Å²) < 4.78 is 0. The lowest BCUT2D eigenvalue weighted by molar-refractivity contribution is -0.141. The highest BCUT2D eigenvalue weighted by atomic mass is 16.3. The van der Waals surface area contributed by atoms with Gasteiger partial charge in [0.1, 0.15) is 6.10 Å². The molecule has 106 valence electrons. The molecule has 0 bridgehead atoms. The van der Waals surface area contributed by atoms with E-state index in [1.165, 1.54) is 32.1 Å². The van der Waals surface area contributed by atoms with Crippen LogP contribution in [0.3, 0.4) is 0 Å². The zero-order valence-corrected chi connectivity index (χ0v) is 11.9. The molecule has 0 aromatic carbocycles. The minimum atomic E-state index is -0.856. The quantitative estimate of drug-likeness (QED) is 0.702. The summed E-state index contributed by atoms with van der Waals surface area (Å²) in [4.78, 5) is 15.8. The Hall–Kier alpha value is -0.610. The van der Waals surface area contributed by atoms with Gasteiger partial charge in [-0.2, -0.15) is 0 Å². The van der Waals surface area contributed by atoms with Gasteiger partial charge in [0.2, 0.25) is 0 Å². The molecule has 0 aromatic heterocycles. The number of aliphatic hydroxyl groups excluding tert-OH is 1. The lowest BCUT2D eigenvalue weighted by Crippen LogP contribution is -2.51. The summed E-state index contributed by atoms with van der Waals surface area (Å²) in [5, 5.41) is 9.26. The van der Waals surface area contributed by atoms with Gasteiger partial charge in [-0.15, -0.1) is 0 Å². The first-order valence-electron chi connectivity index (χ1n) is 7.34. The number of rotatable bonds is 7. The van der Waals surface area contributed by atoms with Crippen LogP contribution < -0.4 is 0 Å². The summed E-state index contributed by atoms with van der Waals surface area (Å²) in [6.45, 7) is 8.36. The highest BCUT2D eigenvalue weighted by Crippen LogP contribution is 2.07. The minimum Gasteiger partial charge on any atom is -0.384 e. The van der Waals surface area contributed by atoms with Crippen molar-refractivity contribution >= 4 is 5.91 Å². The van der Waals surface area contributed by atoms with Crippen LogP contribution in [0.15, 0.2) is 0 Å². The highest BCUT2D eigenvalue weighted by Gasteiger charge is 2.23. The molecule has 1 aliphatic heterocycles. The largest absolute Gasteiger partial charge is 0.384 e. The van der Waals surface area contributed by atoms with Crippen LogP contribution in [0.5, 0.6) is 0 Å². The van der Waals surface area contributed by atoms with Crippen LogP contribution in [-0.2, 0) is 4.79 Å².